The van der Waals surface area contributed by atoms with E-state index in [0.717, 1.165) is 0 Å². The van der Waals surface area contributed by atoms with Gasteiger partial charge in [0.15, 0.2) is 0 Å². The number of halogens is 2. The number of fused-ring (bicyclic) bond motifs is 1. The summed E-state index contributed by atoms with van der Waals surface area (Å²) in [6, 6.07) is 2.63. The highest BCUT2D eigenvalue weighted by Crippen LogP contribution is 2.34. The van der Waals surface area contributed by atoms with Crippen molar-refractivity contribution in [2.45, 2.75) is 12.3 Å². The van der Waals surface area contributed by atoms with Crippen LogP contribution in [0.3, 0.4) is 0 Å². The number of nitrogens with one attached hydrogen (secondary N) is 1. The van der Waals surface area contributed by atoms with Crippen molar-refractivity contribution in [2.24, 2.45) is 0 Å². The lowest BCUT2D eigenvalue weighted by Gasteiger charge is -2.24. The quantitative estimate of drug-likeness (QED) is 0.778. The zero-order chi connectivity index (χ0) is 11.0. The Hall–Kier alpha value is -1.29. The summed E-state index contributed by atoms with van der Waals surface area (Å²) < 4.78 is 13.2. The monoisotopic (exact) mass is 229 g/mol. The minimum absolute atomic E-state index is 0.00675. The van der Waals surface area contributed by atoms with Crippen molar-refractivity contribution in [1.29, 1.82) is 0 Å². The van der Waals surface area contributed by atoms with Crippen molar-refractivity contribution in [3.63, 3.8) is 0 Å². The number of rotatable bonds is 1. The Kier molecular flexibility index (Phi) is 2.52. The maximum absolute atomic E-state index is 13.2. The Morgan fingerprint density at radius 3 is 3.00 bits per heavy atom. The predicted molar refractivity (Wildman–Crippen MR) is 54.9 cm³/mol. The van der Waals surface area contributed by atoms with E-state index >= 15 is 0 Å². The number of carbonyl (C=O) groups is 1. The molecular weight excluding hydrogens is 221 g/mol. The third kappa shape index (κ3) is 1.77. The average Bonchev–Trinajstić information content (AvgIpc) is 2.18. The van der Waals surface area contributed by atoms with Crippen LogP contribution >= 0.6 is 11.6 Å². The van der Waals surface area contributed by atoms with Crippen LogP contribution in [0, 0.1) is 5.82 Å². The normalized spacial score (nSPS) is 19.2. The van der Waals surface area contributed by atoms with Gasteiger partial charge in [-0.1, -0.05) is 11.6 Å². The van der Waals surface area contributed by atoms with E-state index in [-0.39, 0.29) is 5.02 Å². The molecule has 1 aromatic rings. The molecule has 15 heavy (non-hydrogen) atoms. The van der Waals surface area contributed by atoms with Crippen LogP contribution in [0.25, 0.3) is 0 Å². The summed E-state index contributed by atoms with van der Waals surface area (Å²) in [5.41, 5.74) is 1.08. The van der Waals surface area contributed by atoms with Crippen LogP contribution in [0.1, 0.15) is 17.9 Å². The molecule has 1 unspecified atom stereocenters. The largest absolute Gasteiger partial charge is 0.481 e. The van der Waals surface area contributed by atoms with Gasteiger partial charge in [0.1, 0.15) is 5.82 Å². The molecule has 0 aromatic heterocycles. The fraction of sp³-hybridized carbons (Fsp3) is 0.300. The highest BCUT2D eigenvalue weighted by Gasteiger charge is 2.27. The van der Waals surface area contributed by atoms with Crippen molar-refractivity contribution in [1.82, 2.24) is 0 Å². The Bertz CT molecular complexity index is 422. The van der Waals surface area contributed by atoms with Crippen LogP contribution < -0.4 is 5.32 Å². The average molecular weight is 230 g/mol. The molecule has 2 N–H and O–H groups in total. The molecule has 0 saturated heterocycles. The number of anilines is 1. The highest BCUT2D eigenvalue weighted by molar-refractivity contribution is 6.31. The third-order valence-electron chi connectivity index (χ3n) is 2.51. The lowest BCUT2D eigenvalue weighted by Crippen LogP contribution is -2.22. The van der Waals surface area contributed by atoms with Crippen LogP contribution in [0.4, 0.5) is 10.1 Å². The lowest BCUT2D eigenvalue weighted by atomic mass is 9.91. The molecule has 0 fully saturated rings. The fourth-order valence-electron chi connectivity index (χ4n) is 1.77. The summed E-state index contributed by atoms with van der Waals surface area (Å²) in [6.07, 6.45) is 0.462. The van der Waals surface area contributed by atoms with Gasteiger partial charge in [-0.2, -0.15) is 0 Å². The smallest absolute Gasteiger partial charge is 0.311 e. The van der Waals surface area contributed by atoms with Gasteiger partial charge < -0.3 is 10.4 Å². The van der Waals surface area contributed by atoms with Gasteiger partial charge in [0.05, 0.1) is 10.9 Å². The number of hydrogen-bond donors (Lipinski definition) is 2. The maximum Gasteiger partial charge on any atom is 0.311 e. The molecule has 0 radical (unpaired) electrons. The highest BCUT2D eigenvalue weighted by atomic mass is 35.5. The van der Waals surface area contributed by atoms with Crippen LogP contribution in [-0.2, 0) is 4.79 Å². The van der Waals surface area contributed by atoms with Gasteiger partial charge in [-0.25, -0.2) is 4.39 Å². The first-order chi connectivity index (χ1) is 7.09. The zero-order valence-electron chi connectivity index (χ0n) is 7.76. The molecule has 1 heterocycles. The number of carboxylic acids is 1. The van der Waals surface area contributed by atoms with Crippen molar-refractivity contribution in [2.75, 3.05) is 11.9 Å². The van der Waals surface area contributed by atoms with E-state index in [1.54, 1.807) is 0 Å². The molecule has 0 aliphatic carbocycles. The van der Waals surface area contributed by atoms with Crippen LogP contribution in [0.15, 0.2) is 12.1 Å². The second-order valence-electron chi connectivity index (χ2n) is 3.46. The summed E-state index contributed by atoms with van der Waals surface area (Å²) in [5.74, 6) is -2.15. The van der Waals surface area contributed by atoms with E-state index in [4.69, 9.17) is 16.7 Å². The summed E-state index contributed by atoms with van der Waals surface area (Å²) in [6.45, 7) is 0.561. The molecule has 0 spiro atoms. The molecule has 1 aliphatic heterocycles. The van der Waals surface area contributed by atoms with Gasteiger partial charge in [0.2, 0.25) is 0 Å². The van der Waals surface area contributed by atoms with Crippen molar-refractivity contribution >= 4 is 23.3 Å². The number of benzene rings is 1. The van der Waals surface area contributed by atoms with Crippen molar-refractivity contribution in [3.05, 3.63) is 28.5 Å². The number of hydrogen-bond acceptors (Lipinski definition) is 2. The summed E-state index contributed by atoms with van der Waals surface area (Å²) in [4.78, 5) is 10.9. The first-order valence-electron chi connectivity index (χ1n) is 4.55. The molecule has 2 rings (SSSR count). The molecule has 1 atom stereocenters. The molecule has 0 saturated carbocycles. The molecule has 80 valence electrons. The van der Waals surface area contributed by atoms with E-state index in [0.29, 0.717) is 24.2 Å². The number of carboxylic acid groups (broad SMARTS) is 1. The zero-order valence-corrected chi connectivity index (χ0v) is 8.51. The van der Waals surface area contributed by atoms with Gasteiger partial charge in [-0.3, -0.25) is 4.79 Å². The van der Waals surface area contributed by atoms with Gasteiger partial charge in [-0.05, 0) is 24.1 Å². The standard InChI is InChI=1S/C10H9ClFNO2/c11-7-4-9-6(3-8(7)12)5(10(14)15)1-2-13-9/h3-5,13H,1-2H2,(H,14,15). The Morgan fingerprint density at radius 1 is 1.60 bits per heavy atom. The minimum Gasteiger partial charge on any atom is -0.481 e. The maximum atomic E-state index is 13.2. The Balaban J connectivity index is 2.51. The summed E-state index contributed by atoms with van der Waals surface area (Å²) >= 11 is 5.61. The van der Waals surface area contributed by atoms with E-state index in [2.05, 4.69) is 5.32 Å². The topological polar surface area (TPSA) is 49.3 Å². The number of aliphatic carboxylic acids is 1. The van der Waals surface area contributed by atoms with E-state index in [9.17, 15) is 9.18 Å². The van der Waals surface area contributed by atoms with Crippen LogP contribution in [0.5, 0.6) is 0 Å². The third-order valence-corrected chi connectivity index (χ3v) is 2.80. The molecule has 0 bridgehead atoms. The van der Waals surface area contributed by atoms with Gasteiger partial charge >= 0.3 is 5.97 Å². The van der Waals surface area contributed by atoms with Crippen molar-refractivity contribution in [3.8, 4) is 0 Å². The second kappa shape index (κ2) is 3.70. The molecule has 1 aromatic carbocycles. The summed E-state index contributed by atoms with van der Waals surface area (Å²) in [7, 11) is 0. The van der Waals surface area contributed by atoms with Gasteiger partial charge in [0.25, 0.3) is 0 Å². The Morgan fingerprint density at radius 2 is 2.33 bits per heavy atom. The molecular formula is C10H9ClFNO2. The first-order valence-corrected chi connectivity index (χ1v) is 4.93. The first kappa shape index (κ1) is 10.2. The fourth-order valence-corrected chi connectivity index (χ4v) is 1.93. The van der Waals surface area contributed by atoms with E-state index < -0.39 is 17.7 Å². The SMILES string of the molecule is O=C(O)C1CCNc2cc(Cl)c(F)cc21. The van der Waals surface area contributed by atoms with E-state index in [1.807, 2.05) is 0 Å². The Labute approximate surface area is 90.9 Å². The predicted octanol–water partition coefficient (Wildman–Crippen LogP) is 2.46. The van der Waals surface area contributed by atoms with Crippen molar-refractivity contribution < 1.29 is 14.3 Å². The molecule has 5 heteroatoms. The minimum atomic E-state index is -0.931. The van der Waals surface area contributed by atoms with Gasteiger partial charge in [0, 0.05) is 12.2 Å². The molecule has 3 nitrogen and oxygen atoms in total. The lowest BCUT2D eigenvalue weighted by molar-refractivity contribution is -0.138. The van der Waals surface area contributed by atoms with Gasteiger partial charge in [-0.15, -0.1) is 0 Å². The van der Waals surface area contributed by atoms with Crippen LogP contribution in [-0.4, -0.2) is 17.6 Å². The molecule has 1 aliphatic rings. The summed E-state index contributed by atoms with van der Waals surface area (Å²) in [5, 5.41) is 12.0. The second-order valence-corrected chi connectivity index (χ2v) is 3.87. The van der Waals surface area contributed by atoms with Crippen LogP contribution in [0.2, 0.25) is 5.02 Å². The van der Waals surface area contributed by atoms with E-state index in [1.165, 1.54) is 12.1 Å². The molecule has 0 amide bonds.